The second-order valence-electron chi connectivity index (χ2n) is 4.63. The Morgan fingerprint density at radius 2 is 2.17 bits per heavy atom. The lowest BCUT2D eigenvalue weighted by Gasteiger charge is -2.04. The lowest BCUT2D eigenvalue weighted by Crippen LogP contribution is -2.16. The lowest BCUT2D eigenvalue weighted by atomic mass is 10.2. The second-order valence-corrected chi connectivity index (χ2v) is 4.63. The minimum absolute atomic E-state index is 0.0581. The summed E-state index contributed by atoms with van der Waals surface area (Å²) in [6.07, 6.45) is 4.32. The number of nitrogens with one attached hydrogen (secondary N) is 1. The van der Waals surface area contributed by atoms with Crippen LogP contribution in [0.2, 0.25) is 0 Å². The van der Waals surface area contributed by atoms with Crippen molar-refractivity contribution < 1.29 is 0 Å². The highest BCUT2D eigenvalue weighted by Gasteiger charge is 2.10. The number of hydrogen-bond acceptors (Lipinski definition) is 3. The van der Waals surface area contributed by atoms with Crippen LogP contribution >= 0.6 is 0 Å². The van der Waals surface area contributed by atoms with Gasteiger partial charge in [-0.05, 0) is 27.2 Å². The maximum Gasteiger partial charge on any atom is 0.254 e. The highest BCUT2D eigenvalue weighted by molar-refractivity contribution is 5.52. The molecule has 0 unspecified atom stereocenters. The largest absolute Gasteiger partial charge is 0.306 e. The first-order valence-corrected chi connectivity index (χ1v) is 6.17. The Hall–Kier alpha value is -1.91. The first kappa shape index (κ1) is 12.5. The van der Waals surface area contributed by atoms with Crippen LogP contribution in [0.25, 0.3) is 11.4 Å². The van der Waals surface area contributed by atoms with Gasteiger partial charge in [-0.15, -0.1) is 0 Å². The molecule has 0 aliphatic carbocycles. The van der Waals surface area contributed by atoms with Crippen LogP contribution in [0.5, 0.6) is 0 Å². The summed E-state index contributed by atoms with van der Waals surface area (Å²) in [6, 6.07) is 0.293. The van der Waals surface area contributed by atoms with E-state index in [9.17, 15) is 4.79 Å². The van der Waals surface area contributed by atoms with Crippen LogP contribution in [-0.4, -0.2) is 19.7 Å². The Kier molecular flexibility index (Phi) is 3.32. The minimum Gasteiger partial charge on any atom is -0.306 e. The molecule has 0 aliphatic rings. The van der Waals surface area contributed by atoms with Gasteiger partial charge in [-0.3, -0.25) is 9.48 Å². The van der Waals surface area contributed by atoms with Crippen molar-refractivity contribution in [1.29, 1.82) is 0 Å². The molecule has 0 fully saturated rings. The molecule has 0 radical (unpaired) electrons. The highest BCUT2D eigenvalue weighted by atomic mass is 16.1. The van der Waals surface area contributed by atoms with Crippen molar-refractivity contribution in [3.63, 3.8) is 0 Å². The highest BCUT2D eigenvalue weighted by Crippen LogP contribution is 2.15. The van der Waals surface area contributed by atoms with Crippen LogP contribution in [0.3, 0.4) is 0 Å². The molecular weight excluding hydrogens is 228 g/mol. The summed E-state index contributed by atoms with van der Waals surface area (Å²) < 4.78 is 1.85. The van der Waals surface area contributed by atoms with Crippen molar-refractivity contribution in [2.45, 2.75) is 40.2 Å². The van der Waals surface area contributed by atoms with E-state index in [1.807, 2.05) is 24.7 Å². The van der Waals surface area contributed by atoms with Crippen molar-refractivity contribution in [3.8, 4) is 11.4 Å². The van der Waals surface area contributed by atoms with Gasteiger partial charge in [0.25, 0.3) is 5.56 Å². The maximum absolute atomic E-state index is 11.9. The van der Waals surface area contributed by atoms with Gasteiger partial charge in [0.05, 0.1) is 11.8 Å². The van der Waals surface area contributed by atoms with Crippen LogP contribution < -0.4 is 5.56 Å². The Bertz CT molecular complexity index is 610. The summed E-state index contributed by atoms with van der Waals surface area (Å²) in [6.45, 7) is 7.93. The van der Waals surface area contributed by atoms with Gasteiger partial charge >= 0.3 is 0 Å². The van der Waals surface area contributed by atoms with E-state index in [0.29, 0.717) is 18.3 Å². The minimum atomic E-state index is -0.0581. The van der Waals surface area contributed by atoms with E-state index in [4.69, 9.17) is 0 Å². The van der Waals surface area contributed by atoms with Gasteiger partial charge < -0.3 is 4.98 Å². The number of rotatable bonds is 3. The Balaban J connectivity index is 2.48. The number of H-pyrrole nitrogens is 1. The molecule has 96 valence electrons. The standard InChI is InChI=1S/C13H18N4O/c1-5-11-9(4)15-12(16-13(11)18)10-6-14-17(7-10)8(2)3/h6-8H,5H2,1-4H3,(H,15,16,18). The summed E-state index contributed by atoms with van der Waals surface area (Å²) in [5.41, 5.74) is 2.31. The number of hydrogen-bond donors (Lipinski definition) is 1. The molecule has 2 heterocycles. The Morgan fingerprint density at radius 1 is 1.44 bits per heavy atom. The molecular formula is C13H18N4O. The van der Waals surface area contributed by atoms with Gasteiger partial charge in [-0.1, -0.05) is 6.92 Å². The smallest absolute Gasteiger partial charge is 0.254 e. The van der Waals surface area contributed by atoms with Crippen molar-refractivity contribution in [2.75, 3.05) is 0 Å². The van der Waals surface area contributed by atoms with Crippen molar-refractivity contribution >= 4 is 0 Å². The predicted octanol–water partition coefficient (Wildman–Crippen LogP) is 2.09. The fraction of sp³-hybridized carbons (Fsp3) is 0.462. The molecule has 5 heteroatoms. The number of aromatic nitrogens is 4. The molecule has 2 aromatic heterocycles. The van der Waals surface area contributed by atoms with Crippen molar-refractivity contribution in [2.24, 2.45) is 0 Å². The second kappa shape index (κ2) is 4.76. The Morgan fingerprint density at radius 3 is 2.67 bits per heavy atom. The molecule has 0 spiro atoms. The monoisotopic (exact) mass is 246 g/mol. The number of aryl methyl sites for hydroxylation is 1. The summed E-state index contributed by atoms with van der Waals surface area (Å²) in [4.78, 5) is 19.1. The molecule has 0 bridgehead atoms. The third-order valence-electron chi connectivity index (χ3n) is 2.98. The van der Waals surface area contributed by atoms with E-state index < -0.39 is 0 Å². The van der Waals surface area contributed by atoms with Gasteiger partial charge in [-0.25, -0.2) is 4.98 Å². The van der Waals surface area contributed by atoms with Gasteiger partial charge in [0.2, 0.25) is 0 Å². The van der Waals surface area contributed by atoms with E-state index in [2.05, 4.69) is 28.9 Å². The molecule has 5 nitrogen and oxygen atoms in total. The third-order valence-corrected chi connectivity index (χ3v) is 2.98. The normalized spacial score (nSPS) is 11.2. The average Bonchev–Trinajstić information content (AvgIpc) is 2.77. The van der Waals surface area contributed by atoms with Crippen LogP contribution in [0.1, 0.15) is 38.1 Å². The van der Waals surface area contributed by atoms with Gasteiger partial charge in [-0.2, -0.15) is 5.10 Å². The molecule has 0 amide bonds. The third kappa shape index (κ3) is 2.20. The molecule has 2 aromatic rings. The Labute approximate surface area is 106 Å². The zero-order valence-electron chi connectivity index (χ0n) is 11.2. The van der Waals surface area contributed by atoms with E-state index in [1.54, 1.807) is 6.20 Å². The zero-order chi connectivity index (χ0) is 13.3. The molecule has 0 aromatic carbocycles. The predicted molar refractivity (Wildman–Crippen MR) is 70.6 cm³/mol. The molecule has 0 atom stereocenters. The van der Waals surface area contributed by atoms with E-state index >= 15 is 0 Å². The molecule has 1 N–H and O–H groups in total. The summed E-state index contributed by atoms with van der Waals surface area (Å²) in [7, 11) is 0. The van der Waals surface area contributed by atoms with Gasteiger partial charge in [0.1, 0.15) is 5.82 Å². The topological polar surface area (TPSA) is 63.6 Å². The summed E-state index contributed by atoms with van der Waals surface area (Å²) >= 11 is 0. The lowest BCUT2D eigenvalue weighted by molar-refractivity contribution is 0.532. The SMILES string of the molecule is CCc1c(C)nc(-c2cnn(C(C)C)c2)[nH]c1=O. The van der Waals surface area contributed by atoms with Crippen LogP contribution in [0.4, 0.5) is 0 Å². The first-order chi connectivity index (χ1) is 8.52. The molecule has 2 rings (SSSR count). The zero-order valence-corrected chi connectivity index (χ0v) is 11.2. The average molecular weight is 246 g/mol. The maximum atomic E-state index is 11.9. The van der Waals surface area contributed by atoms with Crippen molar-refractivity contribution in [1.82, 2.24) is 19.7 Å². The van der Waals surface area contributed by atoms with Crippen LogP contribution in [0.15, 0.2) is 17.2 Å². The van der Waals surface area contributed by atoms with E-state index in [0.717, 1.165) is 16.8 Å². The molecule has 0 aliphatic heterocycles. The fourth-order valence-electron chi connectivity index (χ4n) is 1.91. The number of nitrogens with zero attached hydrogens (tertiary/aromatic N) is 3. The molecule has 0 saturated carbocycles. The van der Waals surface area contributed by atoms with Crippen molar-refractivity contribution in [3.05, 3.63) is 34.0 Å². The van der Waals surface area contributed by atoms with Crippen LogP contribution in [-0.2, 0) is 6.42 Å². The number of aromatic amines is 1. The van der Waals surface area contributed by atoms with Crippen LogP contribution in [0, 0.1) is 6.92 Å². The van der Waals surface area contributed by atoms with E-state index in [1.165, 1.54) is 0 Å². The quantitative estimate of drug-likeness (QED) is 0.901. The van der Waals surface area contributed by atoms with Gasteiger partial charge in [0.15, 0.2) is 0 Å². The summed E-state index contributed by atoms with van der Waals surface area (Å²) in [5.74, 6) is 0.585. The van der Waals surface area contributed by atoms with Gasteiger partial charge in [0, 0.05) is 23.5 Å². The summed E-state index contributed by atoms with van der Waals surface area (Å²) in [5, 5.41) is 4.25. The fourth-order valence-corrected chi connectivity index (χ4v) is 1.91. The van der Waals surface area contributed by atoms with E-state index in [-0.39, 0.29) is 5.56 Å². The first-order valence-electron chi connectivity index (χ1n) is 6.17. The molecule has 18 heavy (non-hydrogen) atoms. The molecule has 0 saturated heterocycles.